The fraction of sp³-hybridized carbons (Fsp3) is 0.391. The van der Waals surface area contributed by atoms with Crippen LogP contribution in [0, 0.1) is 6.92 Å². The van der Waals surface area contributed by atoms with E-state index in [4.69, 9.17) is 25.8 Å². The molecule has 0 radical (unpaired) electrons. The molecule has 2 saturated heterocycles. The van der Waals surface area contributed by atoms with Crippen molar-refractivity contribution in [1.29, 1.82) is 0 Å². The van der Waals surface area contributed by atoms with Gasteiger partial charge in [-0.3, -0.25) is 9.59 Å². The fourth-order valence-electron chi connectivity index (χ4n) is 4.16. The molecule has 3 heterocycles. The summed E-state index contributed by atoms with van der Waals surface area (Å²) >= 11 is 6.96. The van der Waals surface area contributed by atoms with Crippen LogP contribution in [0.4, 0.5) is 21.0 Å². The zero-order valence-electron chi connectivity index (χ0n) is 19.7. The van der Waals surface area contributed by atoms with Crippen LogP contribution >= 0.6 is 22.9 Å². The molecule has 4 amide bonds. The van der Waals surface area contributed by atoms with E-state index in [1.54, 1.807) is 29.2 Å². The molecule has 4 rings (SSSR count). The lowest BCUT2D eigenvalue weighted by Gasteiger charge is -2.30. The van der Waals surface area contributed by atoms with Crippen molar-refractivity contribution in [3.05, 3.63) is 40.2 Å². The predicted octanol–water partition coefficient (Wildman–Crippen LogP) is 3.01. The number of halogens is 1. The summed E-state index contributed by atoms with van der Waals surface area (Å²) in [6.07, 6.45) is -1.32. The van der Waals surface area contributed by atoms with Crippen LogP contribution in [0.15, 0.2) is 30.3 Å². The lowest BCUT2D eigenvalue weighted by atomic mass is 9.97. The molecule has 2 fully saturated rings. The van der Waals surface area contributed by atoms with Gasteiger partial charge in [-0.15, -0.1) is 0 Å². The number of thiophene rings is 1. The molecule has 0 saturated carbocycles. The molecule has 192 valence electrons. The molecule has 0 spiro atoms. The van der Waals surface area contributed by atoms with Gasteiger partial charge in [-0.2, -0.15) is 0 Å². The van der Waals surface area contributed by atoms with Gasteiger partial charge >= 0.3 is 12.2 Å². The number of benzene rings is 1. The normalized spacial score (nSPS) is 19.7. The number of likely N-dealkylation sites (tertiary alicyclic amines) is 1. The van der Waals surface area contributed by atoms with E-state index in [1.165, 1.54) is 18.1 Å². The average Bonchev–Trinajstić information content (AvgIpc) is 3.46. The van der Waals surface area contributed by atoms with Crippen molar-refractivity contribution in [2.45, 2.75) is 18.9 Å². The number of methoxy groups -OCH3 is 1. The average molecular weight is 537 g/mol. The molecule has 1 atom stereocenters. The summed E-state index contributed by atoms with van der Waals surface area (Å²) in [5, 5.41) is 5.72. The predicted molar refractivity (Wildman–Crippen MR) is 133 cm³/mol. The first-order valence-corrected chi connectivity index (χ1v) is 12.3. The third-order valence-electron chi connectivity index (χ3n) is 5.95. The van der Waals surface area contributed by atoms with Crippen molar-refractivity contribution in [1.82, 2.24) is 10.2 Å². The highest BCUT2D eigenvalue weighted by Crippen LogP contribution is 2.30. The molecule has 11 nitrogen and oxygen atoms in total. The Labute approximate surface area is 216 Å². The quantitative estimate of drug-likeness (QED) is 0.601. The van der Waals surface area contributed by atoms with Crippen molar-refractivity contribution in [2.24, 2.45) is 0 Å². The van der Waals surface area contributed by atoms with E-state index in [9.17, 15) is 19.2 Å². The summed E-state index contributed by atoms with van der Waals surface area (Å²) in [5.41, 5.74) is 0.517. The minimum atomic E-state index is -1.46. The van der Waals surface area contributed by atoms with Gasteiger partial charge in [-0.05, 0) is 49.2 Å². The molecular formula is C23H25ClN4O7S. The Morgan fingerprint density at radius 1 is 1.19 bits per heavy atom. The summed E-state index contributed by atoms with van der Waals surface area (Å²) in [6, 6.07) is 8.29. The SMILES string of the molecule is COC(=O)N1CCC(NC(=O)Oc2ccc(Cl)s2)(C(=O)Nc2ccc(N3CCOCC3=O)c(C)c2)C1. The van der Waals surface area contributed by atoms with Crippen LogP contribution in [-0.4, -0.2) is 74.4 Å². The Kier molecular flexibility index (Phi) is 7.67. The van der Waals surface area contributed by atoms with E-state index < -0.39 is 23.6 Å². The monoisotopic (exact) mass is 536 g/mol. The molecule has 2 aliphatic rings. The van der Waals surface area contributed by atoms with Crippen molar-refractivity contribution in [2.75, 3.05) is 50.2 Å². The molecule has 1 aromatic carbocycles. The van der Waals surface area contributed by atoms with Gasteiger partial charge < -0.3 is 34.6 Å². The van der Waals surface area contributed by atoms with Crippen LogP contribution < -0.4 is 20.3 Å². The van der Waals surface area contributed by atoms with Crippen LogP contribution in [0.2, 0.25) is 4.34 Å². The molecule has 1 unspecified atom stereocenters. The number of nitrogens with zero attached hydrogens (tertiary/aromatic N) is 2. The maximum absolute atomic E-state index is 13.5. The van der Waals surface area contributed by atoms with Gasteiger partial charge in [0.05, 0.1) is 24.6 Å². The molecule has 36 heavy (non-hydrogen) atoms. The van der Waals surface area contributed by atoms with Gasteiger partial charge in [0.2, 0.25) is 0 Å². The van der Waals surface area contributed by atoms with E-state index >= 15 is 0 Å². The summed E-state index contributed by atoms with van der Waals surface area (Å²) in [5.74, 6) is -0.659. The number of morpholine rings is 1. The van der Waals surface area contributed by atoms with Crippen molar-refractivity contribution < 1.29 is 33.4 Å². The van der Waals surface area contributed by atoms with Gasteiger partial charge in [-0.1, -0.05) is 22.9 Å². The minimum absolute atomic E-state index is 0.0244. The van der Waals surface area contributed by atoms with Gasteiger partial charge in [0.1, 0.15) is 12.1 Å². The Balaban J connectivity index is 1.52. The van der Waals surface area contributed by atoms with Crippen molar-refractivity contribution in [3.8, 4) is 5.06 Å². The van der Waals surface area contributed by atoms with Crippen LogP contribution in [0.5, 0.6) is 5.06 Å². The molecule has 13 heteroatoms. The number of hydrogen-bond donors (Lipinski definition) is 2. The maximum atomic E-state index is 13.5. The number of anilines is 2. The molecule has 2 N–H and O–H groups in total. The summed E-state index contributed by atoms with van der Waals surface area (Å²) in [7, 11) is 1.24. The van der Waals surface area contributed by atoms with Crippen molar-refractivity contribution >= 4 is 58.3 Å². The topological polar surface area (TPSA) is 127 Å². The van der Waals surface area contributed by atoms with Gasteiger partial charge in [0, 0.05) is 24.5 Å². The highest BCUT2D eigenvalue weighted by atomic mass is 35.5. The third kappa shape index (κ3) is 5.55. The lowest BCUT2D eigenvalue weighted by Crippen LogP contribution is -2.59. The first-order chi connectivity index (χ1) is 17.2. The van der Waals surface area contributed by atoms with Crippen LogP contribution in [0.3, 0.4) is 0 Å². The zero-order valence-corrected chi connectivity index (χ0v) is 21.2. The molecule has 0 aliphatic carbocycles. The Morgan fingerprint density at radius 2 is 2.00 bits per heavy atom. The van der Waals surface area contributed by atoms with E-state index in [2.05, 4.69) is 10.6 Å². The first-order valence-electron chi connectivity index (χ1n) is 11.1. The number of aryl methyl sites for hydroxylation is 1. The smallest absolute Gasteiger partial charge is 0.414 e. The second-order valence-corrected chi connectivity index (χ2v) is 10.0. The van der Waals surface area contributed by atoms with E-state index in [0.29, 0.717) is 23.2 Å². The molecule has 1 aromatic heterocycles. The number of hydrogen-bond acceptors (Lipinski definition) is 8. The van der Waals surface area contributed by atoms with Crippen LogP contribution in [-0.2, 0) is 19.1 Å². The fourth-order valence-corrected chi connectivity index (χ4v) is 5.04. The Hall–Kier alpha value is -3.35. The van der Waals surface area contributed by atoms with E-state index in [0.717, 1.165) is 22.6 Å². The standard InChI is InChI=1S/C23H25ClN4O7S/c1-14-11-15(3-4-16(14)28-9-10-34-12-18(28)29)25-20(30)23(7-8-27(13-23)22(32)33-2)26-21(31)35-19-6-5-17(24)36-19/h3-6,11H,7-10,12-13H2,1-2H3,(H,25,30)(H,26,31). The minimum Gasteiger partial charge on any atom is -0.453 e. The molecular weight excluding hydrogens is 512 g/mol. The second-order valence-electron chi connectivity index (χ2n) is 8.35. The summed E-state index contributed by atoms with van der Waals surface area (Å²) in [4.78, 5) is 53.4. The van der Waals surface area contributed by atoms with Crippen molar-refractivity contribution in [3.63, 3.8) is 0 Å². The Morgan fingerprint density at radius 3 is 2.67 bits per heavy atom. The Bertz CT molecular complexity index is 1190. The number of rotatable bonds is 5. The van der Waals surface area contributed by atoms with Gasteiger partial charge in [-0.25, -0.2) is 9.59 Å². The molecule has 2 aliphatic heterocycles. The van der Waals surface area contributed by atoms with Crippen LogP contribution in [0.1, 0.15) is 12.0 Å². The zero-order chi connectivity index (χ0) is 25.9. The molecule has 0 bridgehead atoms. The highest BCUT2D eigenvalue weighted by Gasteiger charge is 2.48. The second kappa shape index (κ2) is 10.7. The number of carbonyl (C=O) groups excluding carboxylic acids is 4. The van der Waals surface area contributed by atoms with Gasteiger partial charge in [0.15, 0.2) is 5.06 Å². The summed E-state index contributed by atoms with van der Waals surface area (Å²) in [6.45, 7) is 2.84. The van der Waals surface area contributed by atoms with E-state index in [1.807, 2.05) is 6.92 Å². The van der Waals surface area contributed by atoms with Crippen LogP contribution in [0.25, 0.3) is 0 Å². The number of amides is 4. The third-order valence-corrected chi connectivity index (χ3v) is 7.06. The maximum Gasteiger partial charge on any atom is 0.414 e. The molecule has 2 aromatic rings. The lowest BCUT2D eigenvalue weighted by molar-refractivity contribution is -0.125. The van der Waals surface area contributed by atoms with E-state index in [-0.39, 0.29) is 37.1 Å². The number of carbonyl (C=O) groups is 4. The largest absolute Gasteiger partial charge is 0.453 e. The number of nitrogens with one attached hydrogen (secondary N) is 2. The highest BCUT2D eigenvalue weighted by molar-refractivity contribution is 7.17. The number of ether oxygens (including phenoxy) is 3. The first kappa shape index (κ1) is 25.7. The summed E-state index contributed by atoms with van der Waals surface area (Å²) < 4.78 is 15.7. The van der Waals surface area contributed by atoms with Gasteiger partial charge in [0.25, 0.3) is 11.8 Å².